The molecule has 0 spiro atoms. The molecule has 0 bridgehead atoms. The lowest BCUT2D eigenvalue weighted by molar-refractivity contribution is -0.387. The number of nitrogens with zero attached hydrogens (tertiary/aromatic N) is 2. The summed E-state index contributed by atoms with van der Waals surface area (Å²) in [5.74, 6) is 0. The number of anilines is 1. The third kappa shape index (κ3) is 3.26. The van der Waals surface area contributed by atoms with Gasteiger partial charge in [0, 0.05) is 12.6 Å². The standard InChI is InChI=1S/C14H12Cl2N2O4S/c1-2-17(12-8-5-6-10(15)14(12)16)23(21,22)13-9-4-3-7-11(13)18(19)20/h3-9H,2H2,1H3. The van der Waals surface area contributed by atoms with Crippen LogP contribution in [-0.4, -0.2) is 19.9 Å². The zero-order chi connectivity index (χ0) is 17.2. The molecule has 0 aliphatic rings. The molecule has 0 atom stereocenters. The zero-order valence-electron chi connectivity index (χ0n) is 11.9. The molecule has 0 saturated heterocycles. The third-order valence-electron chi connectivity index (χ3n) is 3.12. The van der Waals surface area contributed by atoms with Crippen LogP contribution in [0.1, 0.15) is 6.92 Å². The second-order valence-electron chi connectivity index (χ2n) is 4.47. The van der Waals surface area contributed by atoms with Crippen molar-refractivity contribution in [2.24, 2.45) is 0 Å². The fourth-order valence-corrected chi connectivity index (χ4v) is 4.19. The predicted octanol–water partition coefficient (Wildman–Crippen LogP) is 4.12. The second kappa shape index (κ2) is 6.74. The number of nitro benzene ring substituents is 1. The summed E-state index contributed by atoms with van der Waals surface area (Å²) in [5.41, 5.74) is -0.330. The Kier molecular flexibility index (Phi) is 5.13. The summed E-state index contributed by atoms with van der Waals surface area (Å²) in [6, 6.07) is 9.73. The average Bonchev–Trinajstić information content (AvgIpc) is 2.52. The van der Waals surface area contributed by atoms with Crippen LogP contribution in [0.5, 0.6) is 0 Å². The predicted molar refractivity (Wildman–Crippen MR) is 89.8 cm³/mol. The molecular weight excluding hydrogens is 363 g/mol. The van der Waals surface area contributed by atoms with Gasteiger partial charge in [0.25, 0.3) is 15.7 Å². The molecule has 122 valence electrons. The molecule has 0 heterocycles. The molecule has 2 aromatic rings. The lowest BCUT2D eigenvalue weighted by atomic mass is 10.3. The van der Waals surface area contributed by atoms with Crippen molar-refractivity contribution >= 4 is 44.6 Å². The van der Waals surface area contributed by atoms with Crippen LogP contribution in [0, 0.1) is 10.1 Å². The van der Waals surface area contributed by atoms with Gasteiger partial charge in [-0.1, -0.05) is 41.4 Å². The quantitative estimate of drug-likeness (QED) is 0.582. The maximum absolute atomic E-state index is 12.9. The minimum absolute atomic E-state index is 0.0362. The number of para-hydroxylation sites is 1. The minimum atomic E-state index is -4.17. The van der Waals surface area contributed by atoms with E-state index in [-0.39, 0.29) is 22.3 Å². The van der Waals surface area contributed by atoms with Crippen LogP contribution in [-0.2, 0) is 10.0 Å². The Labute approximate surface area is 143 Å². The van der Waals surface area contributed by atoms with Crippen molar-refractivity contribution in [2.45, 2.75) is 11.8 Å². The lowest BCUT2D eigenvalue weighted by Crippen LogP contribution is -2.31. The first kappa shape index (κ1) is 17.5. The van der Waals surface area contributed by atoms with Gasteiger partial charge in [0.2, 0.25) is 0 Å². The smallest absolute Gasteiger partial charge is 0.265 e. The third-order valence-corrected chi connectivity index (χ3v) is 5.86. The summed E-state index contributed by atoms with van der Waals surface area (Å²) < 4.78 is 26.7. The van der Waals surface area contributed by atoms with Crippen molar-refractivity contribution in [2.75, 3.05) is 10.8 Å². The fourth-order valence-electron chi connectivity index (χ4n) is 2.10. The Balaban J connectivity index is 2.66. The van der Waals surface area contributed by atoms with Gasteiger partial charge in [0.15, 0.2) is 4.90 Å². The van der Waals surface area contributed by atoms with Crippen LogP contribution in [0.25, 0.3) is 0 Å². The van der Waals surface area contributed by atoms with E-state index in [1.165, 1.54) is 30.3 Å². The number of nitro groups is 1. The Morgan fingerprint density at radius 2 is 1.78 bits per heavy atom. The molecule has 23 heavy (non-hydrogen) atoms. The second-order valence-corrected chi connectivity index (χ2v) is 7.08. The number of rotatable bonds is 5. The molecular formula is C14H12Cl2N2O4S. The lowest BCUT2D eigenvalue weighted by Gasteiger charge is -2.24. The Morgan fingerprint density at radius 3 is 2.39 bits per heavy atom. The molecule has 0 radical (unpaired) electrons. The molecule has 0 aliphatic carbocycles. The summed E-state index contributed by atoms with van der Waals surface area (Å²) >= 11 is 12.0. The van der Waals surface area contributed by atoms with E-state index in [4.69, 9.17) is 23.2 Å². The highest BCUT2D eigenvalue weighted by Gasteiger charge is 2.32. The number of sulfonamides is 1. The van der Waals surface area contributed by atoms with Crippen LogP contribution in [0.2, 0.25) is 10.0 Å². The molecule has 0 aliphatic heterocycles. The molecule has 0 unspecified atom stereocenters. The van der Waals surface area contributed by atoms with Crippen LogP contribution in [0.4, 0.5) is 11.4 Å². The highest BCUT2D eigenvalue weighted by Crippen LogP contribution is 2.36. The molecule has 0 saturated carbocycles. The summed E-state index contributed by atoms with van der Waals surface area (Å²) in [4.78, 5) is 9.98. The van der Waals surface area contributed by atoms with E-state index in [1.54, 1.807) is 13.0 Å². The van der Waals surface area contributed by atoms with Gasteiger partial charge in [-0.2, -0.15) is 0 Å². The fraction of sp³-hybridized carbons (Fsp3) is 0.143. The van der Waals surface area contributed by atoms with E-state index in [0.717, 1.165) is 10.4 Å². The average molecular weight is 375 g/mol. The van der Waals surface area contributed by atoms with Gasteiger partial charge in [0.1, 0.15) is 0 Å². The van der Waals surface area contributed by atoms with Gasteiger partial charge in [0.05, 0.1) is 20.7 Å². The topological polar surface area (TPSA) is 80.5 Å². The number of benzene rings is 2. The first-order valence-electron chi connectivity index (χ1n) is 6.51. The van der Waals surface area contributed by atoms with Gasteiger partial charge in [-0.3, -0.25) is 14.4 Å². The number of hydrogen-bond donors (Lipinski definition) is 0. The first-order chi connectivity index (χ1) is 10.8. The molecule has 0 amide bonds. The zero-order valence-corrected chi connectivity index (χ0v) is 14.3. The van der Waals surface area contributed by atoms with Crippen molar-refractivity contribution in [3.8, 4) is 0 Å². The normalized spacial score (nSPS) is 11.3. The molecule has 0 N–H and O–H groups in total. The van der Waals surface area contributed by atoms with Crippen LogP contribution in [0.3, 0.4) is 0 Å². The first-order valence-corrected chi connectivity index (χ1v) is 8.70. The number of halogens is 2. The van der Waals surface area contributed by atoms with Gasteiger partial charge < -0.3 is 0 Å². The highest BCUT2D eigenvalue weighted by atomic mass is 35.5. The summed E-state index contributed by atoms with van der Waals surface area (Å²) in [7, 11) is -4.17. The maximum atomic E-state index is 12.9. The molecule has 6 nitrogen and oxygen atoms in total. The van der Waals surface area contributed by atoms with E-state index < -0.39 is 25.5 Å². The highest BCUT2D eigenvalue weighted by molar-refractivity contribution is 7.93. The van der Waals surface area contributed by atoms with Gasteiger partial charge in [-0.25, -0.2) is 8.42 Å². The summed E-state index contributed by atoms with van der Waals surface area (Å²) in [5, 5.41) is 11.4. The summed E-state index contributed by atoms with van der Waals surface area (Å²) in [6.45, 7) is 1.64. The van der Waals surface area contributed by atoms with Crippen molar-refractivity contribution in [3.05, 3.63) is 62.6 Å². The molecule has 2 aromatic carbocycles. The summed E-state index contributed by atoms with van der Waals surface area (Å²) in [6.07, 6.45) is 0. The maximum Gasteiger partial charge on any atom is 0.289 e. The molecule has 2 rings (SSSR count). The monoisotopic (exact) mass is 374 g/mol. The van der Waals surface area contributed by atoms with Crippen molar-refractivity contribution in [3.63, 3.8) is 0 Å². The largest absolute Gasteiger partial charge is 0.289 e. The van der Waals surface area contributed by atoms with Gasteiger partial charge in [-0.05, 0) is 25.1 Å². The van der Waals surface area contributed by atoms with Crippen LogP contribution in [0.15, 0.2) is 47.4 Å². The van der Waals surface area contributed by atoms with E-state index in [2.05, 4.69) is 0 Å². The Morgan fingerprint density at radius 1 is 1.13 bits per heavy atom. The van der Waals surface area contributed by atoms with Crippen molar-refractivity contribution in [1.82, 2.24) is 0 Å². The number of hydrogen-bond acceptors (Lipinski definition) is 4. The van der Waals surface area contributed by atoms with E-state index in [9.17, 15) is 18.5 Å². The van der Waals surface area contributed by atoms with Crippen molar-refractivity contribution < 1.29 is 13.3 Å². The van der Waals surface area contributed by atoms with Gasteiger partial charge >= 0.3 is 0 Å². The van der Waals surface area contributed by atoms with Crippen LogP contribution >= 0.6 is 23.2 Å². The molecule has 0 fully saturated rings. The Bertz CT molecular complexity index is 856. The van der Waals surface area contributed by atoms with Crippen molar-refractivity contribution in [1.29, 1.82) is 0 Å². The molecule has 9 heteroatoms. The Hall–Kier alpha value is -1.83. The van der Waals surface area contributed by atoms with E-state index in [0.29, 0.717) is 0 Å². The van der Waals surface area contributed by atoms with E-state index in [1.807, 2.05) is 0 Å². The van der Waals surface area contributed by atoms with Gasteiger partial charge in [-0.15, -0.1) is 0 Å². The molecule has 0 aromatic heterocycles. The minimum Gasteiger partial charge on any atom is -0.265 e. The van der Waals surface area contributed by atoms with E-state index >= 15 is 0 Å². The van der Waals surface area contributed by atoms with Crippen LogP contribution < -0.4 is 4.31 Å². The SMILES string of the molecule is CCN(c1cccc(Cl)c1Cl)S(=O)(=O)c1ccccc1[N+](=O)[O-].